The van der Waals surface area contributed by atoms with Crippen LogP contribution < -0.4 is 5.32 Å². The van der Waals surface area contributed by atoms with Gasteiger partial charge >= 0.3 is 6.03 Å². The number of urea groups is 1. The van der Waals surface area contributed by atoms with Crippen molar-refractivity contribution in [2.75, 3.05) is 19.6 Å². The van der Waals surface area contributed by atoms with E-state index in [4.69, 9.17) is 11.6 Å². The van der Waals surface area contributed by atoms with E-state index in [0.29, 0.717) is 5.56 Å². The summed E-state index contributed by atoms with van der Waals surface area (Å²) in [5.74, 6) is 4.86. The van der Waals surface area contributed by atoms with Gasteiger partial charge in [0, 0.05) is 18.0 Å². The van der Waals surface area contributed by atoms with E-state index in [0.717, 1.165) is 43.1 Å². The van der Waals surface area contributed by atoms with Crippen LogP contribution >= 0.6 is 11.6 Å². The van der Waals surface area contributed by atoms with Crippen molar-refractivity contribution in [3.63, 3.8) is 0 Å². The predicted octanol–water partition coefficient (Wildman–Crippen LogP) is 4.25. The number of likely N-dealkylation sites (tertiary alicyclic amines) is 1. The number of piperidine rings is 1. The van der Waals surface area contributed by atoms with Gasteiger partial charge in [0.25, 0.3) is 5.91 Å². The van der Waals surface area contributed by atoms with Gasteiger partial charge in [0.15, 0.2) is 0 Å². The Labute approximate surface area is 198 Å². The minimum absolute atomic E-state index is 0.0530. The first-order valence-corrected chi connectivity index (χ1v) is 11.5. The van der Waals surface area contributed by atoms with Crippen molar-refractivity contribution in [2.45, 2.75) is 38.3 Å². The third-order valence-corrected chi connectivity index (χ3v) is 6.99. The molecule has 2 heterocycles. The summed E-state index contributed by atoms with van der Waals surface area (Å²) < 4.78 is 13.9. The van der Waals surface area contributed by atoms with Gasteiger partial charge < -0.3 is 5.32 Å². The second-order valence-electron chi connectivity index (χ2n) is 8.67. The molecule has 0 bridgehead atoms. The van der Waals surface area contributed by atoms with Crippen LogP contribution in [0.5, 0.6) is 0 Å². The summed E-state index contributed by atoms with van der Waals surface area (Å²) in [4.78, 5) is 29.9. The molecule has 1 N–H and O–H groups in total. The van der Waals surface area contributed by atoms with E-state index < -0.39 is 11.6 Å². The fraction of sp³-hybridized carbons (Fsp3) is 0.385. The topological polar surface area (TPSA) is 52.7 Å². The quantitative estimate of drug-likeness (QED) is 0.510. The van der Waals surface area contributed by atoms with E-state index in [1.807, 2.05) is 24.3 Å². The molecule has 2 aromatic rings. The van der Waals surface area contributed by atoms with Gasteiger partial charge in [-0.05, 0) is 68.1 Å². The highest BCUT2D eigenvalue weighted by molar-refractivity contribution is 6.31. The van der Waals surface area contributed by atoms with Crippen molar-refractivity contribution in [2.24, 2.45) is 5.92 Å². The molecule has 0 saturated carbocycles. The van der Waals surface area contributed by atoms with Crippen LogP contribution in [0.2, 0.25) is 5.02 Å². The molecule has 2 aliphatic rings. The Morgan fingerprint density at radius 3 is 2.61 bits per heavy atom. The second-order valence-corrected chi connectivity index (χ2v) is 9.08. The third kappa shape index (κ3) is 4.90. The minimum atomic E-state index is -1.10. The Morgan fingerprint density at radius 1 is 1.15 bits per heavy atom. The van der Waals surface area contributed by atoms with Gasteiger partial charge in [-0.1, -0.05) is 47.9 Å². The molecular weight excluding hydrogens is 441 g/mol. The number of carbonyl (C=O) groups excluding carboxylic acids is 2. The lowest BCUT2D eigenvalue weighted by molar-refractivity contribution is -0.133. The molecule has 3 amide bonds. The minimum Gasteiger partial charge on any atom is -0.322 e. The number of hydrogen-bond acceptors (Lipinski definition) is 3. The van der Waals surface area contributed by atoms with E-state index in [-0.39, 0.29) is 30.6 Å². The zero-order valence-corrected chi connectivity index (χ0v) is 19.4. The molecule has 0 aromatic heterocycles. The number of rotatable bonds is 6. The highest BCUT2D eigenvalue weighted by Gasteiger charge is 2.55. The van der Waals surface area contributed by atoms with Gasteiger partial charge in [-0.25, -0.2) is 9.18 Å². The lowest BCUT2D eigenvalue weighted by Crippen LogP contribution is -2.57. The Hall–Kier alpha value is -2.88. The molecule has 2 aliphatic heterocycles. The summed E-state index contributed by atoms with van der Waals surface area (Å²) >= 11 is 6.33. The summed E-state index contributed by atoms with van der Waals surface area (Å²) in [5, 5.41) is 3.74. The number of imide groups is 1. The van der Waals surface area contributed by atoms with Crippen LogP contribution in [0.4, 0.5) is 9.18 Å². The van der Waals surface area contributed by atoms with Gasteiger partial charge in [0.1, 0.15) is 11.4 Å². The number of halogens is 2. The maximum Gasteiger partial charge on any atom is 0.325 e. The van der Waals surface area contributed by atoms with Gasteiger partial charge in [0.2, 0.25) is 0 Å². The lowest BCUT2D eigenvalue weighted by atomic mass is 9.74. The Bertz CT molecular complexity index is 1100. The molecule has 2 fully saturated rings. The highest BCUT2D eigenvalue weighted by atomic mass is 35.5. The smallest absolute Gasteiger partial charge is 0.322 e. The molecule has 4 rings (SSSR count). The molecule has 7 heteroatoms. The SMILES string of the molecule is CC#CCN1C(=O)N[C@](Cc2cccc(F)c2)(C2CCN(Cc3ccccc3Cl)CC2)C1=O. The van der Waals surface area contributed by atoms with Crippen LogP contribution in [0.1, 0.15) is 30.9 Å². The van der Waals surface area contributed by atoms with Crippen molar-refractivity contribution >= 4 is 23.5 Å². The summed E-state index contributed by atoms with van der Waals surface area (Å²) in [6, 6.07) is 13.6. The molecule has 2 saturated heterocycles. The van der Waals surface area contributed by atoms with Crippen LogP contribution in [-0.2, 0) is 17.8 Å². The van der Waals surface area contributed by atoms with Crippen molar-refractivity contribution in [1.82, 2.24) is 15.1 Å². The van der Waals surface area contributed by atoms with E-state index in [9.17, 15) is 14.0 Å². The van der Waals surface area contributed by atoms with Crippen molar-refractivity contribution in [3.8, 4) is 11.8 Å². The standard InChI is InChI=1S/C26H27ClFN3O2/c1-2-3-13-31-24(32)26(29-25(31)33,17-19-7-6-9-22(28)16-19)21-11-14-30(15-12-21)18-20-8-4-5-10-23(20)27/h4-10,16,21H,11-15,17-18H2,1H3,(H,29,33)/t26-/m1/s1. The molecule has 0 spiro atoms. The third-order valence-electron chi connectivity index (χ3n) is 6.62. The van der Waals surface area contributed by atoms with Crippen molar-refractivity contribution in [3.05, 3.63) is 70.5 Å². The second kappa shape index (κ2) is 9.94. The number of nitrogens with one attached hydrogen (secondary N) is 1. The Kier molecular flexibility index (Phi) is 7.02. The highest BCUT2D eigenvalue weighted by Crippen LogP contribution is 2.37. The van der Waals surface area contributed by atoms with Crippen molar-refractivity contribution in [1.29, 1.82) is 0 Å². The number of amides is 3. The fourth-order valence-electron chi connectivity index (χ4n) is 4.91. The van der Waals surface area contributed by atoms with E-state index >= 15 is 0 Å². The molecule has 33 heavy (non-hydrogen) atoms. The van der Waals surface area contributed by atoms with Gasteiger partial charge in [-0.3, -0.25) is 14.6 Å². The summed E-state index contributed by atoms with van der Waals surface area (Å²) in [6.07, 6.45) is 1.72. The molecule has 2 aromatic carbocycles. The first-order chi connectivity index (χ1) is 15.9. The van der Waals surface area contributed by atoms with Crippen LogP contribution in [-0.4, -0.2) is 46.9 Å². The van der Waals surface area contributed by atoms with Crippen LogP contribution in [0.25, 0.3) is 0 Å². The summed E-state index contributed by atoms with van der Waals surface area (Å²) in [5.41, 5.74) is 0.656. The molecule has 0 unspecified atom stereocenters. The Morgan fingerprint density at radius 2 is 1.91 bits per heavy atom. The van der Waals surface area contributed by atoms with E-state index in [2.05, 4.69) is 22.1 Å². The number of nitrogens with zero attached hydrogens (tertiary/aromatic N) is 2. The molecule has 5 nitrogen and oxygen atoms in total. The largest absolute Gasteiger partial charge is 0.325 e. The molecular formula is C26H27ClFN3O2. The molecule has 1 atom stereocenters. The molecule has 0 radical (unpaired) electrons. The normalized spacial score (nSPS) is 21.6. The zero-order chi connectivity index (χ0) is 23.4. The zero-order valence-electron chi connectivity index (χ0n) is 18.6. The van der Waals surface area contributed by atoms with Crippen LogP contribution in [0, 0.1) is 23.6 Å². The Balaban J connectivity index is 1.55. The molecule has 172 valence electrons. The first kappa shape index (κ1) is 23.3. The number of carbonyl (C=O) groups is 2. The van der Waals surface area contributed by atoms with Gasteiger partial charge in [0.05, 0.1) is 6.54 Å². The fourth-order valence-corrected chi connectivity index (χ4v) is 5.10. The maximum absolute atomic E-state index is 13.9. The van der Waals surface area contributed by atoms with E-state index in [1.165, 1.54) is 17.0 Å². The maximum atomic E-state index is 13.9. The van der Waals surface area contributed by atoms with Gasteiger partial charge in [-0.2, -0.15) is 0 Å². The van der Waals surface area contributed by atoms with E-state index in [1.54, 1.807) is 19.1 Å². The van der Waals surface area contributed by atoms with Crippen molar-refractivity contribution < 1.29 is 14.0 Å². The average molecular weight is 468 g/mol. The first-order valence-electron chi connectivity index (χ1n) is 11.2. The van der Waals surface area contributed by atoms with Crippen LogP contribution in [0.15, 0.2) is 48.5 Å². The average Bonchev–Trinajstić information content (AvgIpc) is 3.04. The number of benzene rings is 2. The monoisotopic (exact) mass is 467 g/mol. The summed E-state index contributed by atoms with van der Waals surface area (Å²) in [6.45, 7) is 4.02. The molecule has 0 aliphatic carbocycles. The summed E-state index contributed by atoms with van der Waals surface area (Å²) in [7, 11) is 0. The van der Waals surface area contributed by atoms with Crippen LogP contribution in [0.3, 0.4) is 0 Å². The number of hydrogen-bond donors (Lipinski definition) is 1. The lowest BCUT2D eigenvalue weighted by Gasteiger charge is -2.41. The predicted molar refractivity (Wildman–Crippen MR) is 126 cm³/mol. The van der Waals surface area contributed by atoms with Gasteiger partial charge in [-0.15, -0.1) is 5.92 Å².